The van der Waals surface area contributed by atoms with Crippen LogP contribution in [-0.4, -0.2) is 26.9 Å². The third-order valence-corrected chi connectivity index (χ3v) is 2.85. The summed E-state index contributed by atoms with van der Waals surface area (Å²) in [4.78, 5) is 0. The number of benzene rings is 1. The number of ether oxygens (including phenoxy) is 2. The Morgan fingerprint density at radius 3 is 2.79 bits per heavy atom. The lowest BCUT2D eigenvalue weighted by atomic mass is 10.2. The first-order valence-corrected chi connectivity index (χ1v) is 6.64. The van der Waals surface area contributed by atoms with Crippen LogP contribution < -0.4 is 10.1 Å². The number of rotatable bonds is 7. The van der Waals surface area contributed by atoms with E-state index >= 15 is 0 Å². The van der Waals surface area contributed by atoms with Crippen molar-refractivity contribution < 1.29 is 9.47 Å². The first-order chi connectivity index (χ1) is 9.19. The van der Waals surface area contributed by atoms with Crippen LogP contribution >= 0.6 is 23.2 Å². The van der Waals surface area contributed by atoms with E-state index in [0.29, 0.717) is 35.6 Å². The van der Waals surface area contributed by atoms with Gasteiger partial charge in [0.15, 0.2) is 0 Å². The van der Waals surface area contributed by atoms with E-state index in [1.807, 2.05) is 6.07 Å². The molecule has 1 rings (SSSR count). The Morgan fingerprint density at radius 2 is 2.11 bits per heavy atom. The minimum absolute atomic E-state index is 0.308. The summed E-state index contributed by atoms with van der Waals surface area (Å²) < 4.78 is 10.6. The van der Waals surface area contributed by atoms with E-state index in [0.717, 1.165) is 12.1 Å². The van der Waals surface area contributed by atoms with Crippen LogP contribution in [0.3, 0.4) is 0 Å². The zero-order valence-electron chi connectivity index (χ0n) is 11.1. The SMILES string of the molecule is CC#CCOc1c(Cl)cc(Cl)cc1CNCCOC. The van der Waals surface area contributed by atoms with Crippen molar-refractivity contribution in [1.29, 1.82) is 0 Å². The largest absolute Gasteiger partial charge is 0.479 e. The van der Waals surface area contributed by atoms with Gasteiger partial charge in [0.05, 0.1) is 11.6 Å². The van der Waals surface area contributed by atoms with Crippen molar-refractivity contribution >= 4 is 23.2 Å². The van der Waals surface area contributed by atoms with Gasteiger partial charge in [-0.15, -0.1) is 5.92 Å². The molecule has 0 heterocycles. The summed E-state index contributed by atoms with van der Waals surface area (Å²) in [6, 6.07) is 3.50. The Labute approximate surface area is 124 Å². The zero-order chi connectivity index (χ0) is 14.1. The minimum atomic E-state index is 0.308. The van der Waals surface area contributed by atoms with Crippen molar-refractivity contribution in [1.82, 2.24) is 5.32 Å². The van der Waals surface area contributed by atoms with Gasteiger partial charge < -0.3 is 14.8 Å². The average Bonchev–Trinajstić information content (AvgIpc) is 2.37. The van der Waals surface area contributed by atoms with Gasteiger partial charge in [0.1, 0.15) is 12.4 Å². The molecule has 3 nitrogen and oxygen atoms in total. The smallest absolute Gasteiger partial charge is 0.149 e. The van der Waals surface area contributed by atoms with Gasteiger partial charge in [0.25, 0.3) is 0 Å². The van der Waals surface area contributed by atoms with Gasteiger partial charge in [-0.3, -0.25) is 0 Å². The second kappa shape index (κ2) is 9.06. The van der Waals surface area contributed by atoms with E-state index in [-0.39, 0.29) is 0 Å². The highest BCUT2D eigenvalue weighted by molar-refractivity contribution is 6.35. The van der Waals surface area contributed by atoms with Crippen LogP contribution in [0.4, 0.5) is 0 Å². The lowest BCUT2D eigenvalue weighted by Gasteiger charge is -2.13. The van der Waals surface area contributed by atoms with Crippen LogP contribution in [0.1, 0.15) is 12.5 Å². The highest BCUT2D eigenvalue weighted by Crippen LogP contribution is 2.32. The fourth-order valence-electron chi connectivity index (χ4n) is 1.48. The summed E-state index contributed by atoms with van der Waals surface area (Å²) in [5.74, 6) is 6.23. The Morgan fingerprint density at radius 1 is 1.32 bits per heavy atom. The number of halogens is 2. The summed E-state index contributed by atoms with van der Waals surface area (Å²) in [5, 5.41) is 4.31. The summed E-state index contributed by atoms with van der Waals surface area (Å²) in [7, 11) is 1.66. The lowest BCUT2D eigenvalue weighted by molar-refractivity contribution is 0.199. The number of methoxy groups -OCH3 is 1. The highest BCUT2D eigenvalue weighted by Gasteiger charge is 2.10. The molecule has 0 saturated heterocycles. The number of hydrogen-bond acceptors (Lipinski definition) is 3. The molecule has 0 fully saturated rings. The topological polar surface area (TPSA) is 30.5 Å². The Hall–Kier alpha value is -0.920. The fourth-order valence-corrected chi connectivity index (χ4v) is 2.07. The normalized spacial score (nSPS) is 9.89. The third kappa shape index (κ3) is 5.71. The maximum Gasteiger partial charge on any atom is 0.149 e. The second-order valence-corrected chi connectivity index (χ2v) is 4.60. The van der Waals surface area contributed by atoms with E-state index in [1.165, 1.54) is 0 Å². The number of nitrogens with one attached hydrogen (secondary N) is 1. The van der Waals surface area contributed by atoms with Crippen LogP contribution in [0, 0.1) is 11.8 Å². The molecule has 0 bridgehead atoms. The molecule has 0 atom stereocenters. The van der Waals surface area contributed by atoms with E-state index in [9.17, 15) is 0 Å². The van der Waals surface area contributed by atoms with Crippen LogP contribution in [0.15, 0.2) is 12.1 Å². The summed E-state index contributed by atoms with van der Waals surface area (Å²) in [6.07, 6.45) is 0. The second-order valence-electron chi connectivity index (χ2n) is 3.76. The molecule has 0 aliphatic carbocycles. The molecular weight excluding hydrogens is 285 g/mol. The van der Waals surface area contributed by atoms with Crippen molar-refractivity contribution in [2.75, 3.05) is 26.9 Å². The molecule has 104 valence electrons. The Kier molecular flexibility index (Phi) is 7.69. The molecule has 19 heavy (non-hydrogen) atoms. The number of hydrogen-bond donors (Lipinski definition) is 1. The molecule has 0 aliphatic heterocycles. The third-order valence-electron chi connectivity index (χ3n) is 2.35. The Balaban J connectivity index is 2.76. The molecule has 1 aromatic rings. The van der Waals surface area contributed by atoms with Crippen molar-refractivity contribution in [2.24, 2.45) is 0 Å². The van der Waals surface area contributed by atoms with Gasteiger partial charge in [-0.25, -0.2) is 0 Å². The van der Waals surface area contributed by atoms with Crippen LogP contribution in [0.5, 0.6) is 5.75 Å². The summed E-state index contributed by atoms with van der Waals surface area (Å²) in [5.41, 5.74) is 0.909. The van der Waals surface area contributed by atoms with E-state index in [1.54, 1.807) is 20.1 Å². The van der Waals surface area contributed by atoms with Gasteiger partial charge >= 0.3 is 0 Å². The van der Waals surface area contributed by atoms with Gasteiger partial charge in [-0.1, -0.05) is 29.1 Å². The average molecular weight is 302 g/mol. The maximum atomic E-state index is 6.14. The van der Waals surface area contributed by atoms with E-state index in [2.05, 4.69) is 17.2 Å². The predicted molar refractivity (Wildman–Crippen MR) is 79.0 cm³/mol. The molecule has 0 spiro atoms. The first kappa shape index (κ1) is 16.1. The van der Waals surface area contributed by atoms with Crippen molar-refractivity contribution in [3.05, 3.63) is 27.7 Å². The molecule has 0 radical (unpaired) electrons. The standard InChI is InChI=1S/C14H17Cl2NO2/c1-3-4-6-19-14-11(10-17-5-7-18-2)8-12(15)9-13(14)16/h8-9,17H,5-7,10H2,1-2H3. The fraction of sp³-hybridized carbons (Fsp3) is 0.429. The molecule has 5 heteroatoms. The predicted octanol–water partition coefficient (Wildman–Crippen LogP) is 3.13. The molecule has 0 unspecified atom stereocenters. The molecule has 1 N–H and O–H groups in total. The zero-order valence-corrected chi connectivity index (χ0v) is 12.6. The van der Waals surface area contributed by atoms with Crippen LogP contribution in [-0.2, 0) is 11.3 Å². The van der Waals surface area contributed by atoms with Gasteiger partial charge in [-0.2, -0.15) is 0 Å². The molecule has 0 saturated carbocycles. The molecule has 1 aromatic carbocycles. The summed E-state index contributed by atoms with van der Waals surface area (Å²) in [6.45, 7) is 4.07. The van der Waals surface area contributed by atoms with Gasteiger partial charge in [-0.05, 0) is 19.1 Å². The monoisotopic (exact) mass is 301 g/mol. The van der Waals surface area contributed by atoms with Crippen LogP contribution in [0.2, 0.25) is 10.0 Å². The van der Waals surface area contributed by atoms with E-state index in [4.69, 9.17) is 32.7 Å². The first-order valence-electron chi connectivity index (χ1n) is 5.89. The minimum Gasteiger partial charge on any atom is -0.479 e. The summed E-state index contributed by atoms with van der Waals surface area (Å²) >= 11 is 12.1. The van der Waals surface area contributed by atoms with E-state index < -0.39 is 0 Å². The van der Waals surface area contributed by atoms with Gasteiger partial charge in [0.2, 0.25) is 0 Å². The maximum absolute atomic E-state index is 6.14. The Bertz CT molecular complexity index is 466. The quantitative estimate of drug-likeness (QED) is 0.620. The molecular formula is C14H17Cl2NO2. The molecule has 0 amide bonds. The van der Waals surface area contributed by atoms with Crippen molar-refractivity contribution in [2.45, 2.75) is 13.5 Å². The highest BCUT2D eigenvalue weighted by atomic mass is 35.5. The molecule has 0 aromatic heterocycles. The van der Waals surface area contributed by atoms with Crippen LogP contribution in [0.25, 0.3) is 0 Å². The molecule has 0 aliphatic rings. The van der Waals surface area contributed by atoms with Gasteiger partial charge in [0, 0.05) is 30.8 Å². The van der Waals surface area contributed by atoms with Crippen molar-refractivity contribution in [3.63, 3.8) is 0 Å². The lowest BCUT2D eigenvalue weighted by Crippen LogP contribution is -2.19. The van der Waals surface area contributed by atoms with Crippen molar-refractivity contribution in [3.8, 4) is 17.6 Å².